The summed E-state index contributed by atoms with van der Waals surface area (Å²) in [6.45, 7) is 2.47. The molecular formula is C24H24N2O3S. The van der Waals surface area contributed by atoms with Crippen LogP contribution in [0.15, 0.2) is 84.0 Å². The largest absolute Gasteiger partial charge is 0.449 e. The number of thioether (sulfide) groups is 1. The highest BCUT2D eigenvalue weighted by atomic mass is 32.2. The Morgan fingerprint density at radius 1 is 0.933 bits per heavy atom. The zero-order valence-electron chi connectivity index (χ0n) is 17.0. The predicted octanol–water partition coefficient (Wildman–Crippen LogP) is 4.58. The molecule has 1 heterocycles. The Hall–Kier alpha value is -3.12. The molecule has 0 spiro atoms. The maximum absolute atomic E-state index is 13.2. The molecular weight excluding hydrogens is 396 g/mol. The number of aromatic nitrogens is 1. The lowest BCUT2D eigenvalue weighted by Gasteiger charge is -2.26. The fourth-order valence-electron chi connectivity index (χ4n) is 3.06. The number of benzene rings is 2. The molecule has 3 aromatic rings. The molecule has 0 unspecified atom stereocenters. The van der Waals surface area contributed by atoms with Crippen LogP contribution in [0.2, 0.25) is 0 Å². The molecule has 0 aliphatic carbocycles. The van der Waals surface area contributed by atoms with Crippen LogP contribution in [0.3, 0.4) is 0 Å². The quantitative estimate of drug-likeness (QED) is 0.394. The second-order valence-corrected chi connectivity index (χ2v) is 7.57. The number of ether oxygens (including phenoxy) is 1. The van der Waals surface area contributed by atoms with Gasteiger partial charge < -0.3 is 9.64 Å². The lowest BCUT2D eigenvalue weighted by atomic mass is 10.1. The Morgan fingerprint density at radius 2 is 1.50 bits per heavy atom. The minimum atomic E-state index is -0.917. The summed E-state index contributed by atoms with van der Waals surface area (Å²) < 4.78 is 5.51. The zero-order chi connectivity index (χ0) is 21.3. The number of hydrogen-bond acceptors (Lipinski definition) is 5. The van der Waals surface area contributed by atoms with Gasteiger partial charge in [-0.25, -0.2) is 9.78 Å². The Morgan fingerprint density at radius 3 is 2.03 bits per heavy atom. The first kappa shape index (κ1) is 21.6. The first-order chi connectivity index (χ1) is 14.6. The van der Waals surface area contributed by atoms with E-state index in [1.165, 1.54) is 11.8 Å². The number of hydrogen-bond donors (Lipinski definition) is 0. The van der Waals surface area contributed by atoms with E-state index >= 15 is 0 Å². The predicted molar refractivity (Wildman–Crippen MR) is 118 cm³/mol. The van der Waals surface area contributed by atoms with Crippen LogP contribution in [-0.4, -0.2) is 34.1 Å². The normalized spacial score (nSPS) is 11.5. The first-order valence-corrected chi connectivity index (χ1v) is 10.9. The molecule has 2 aromatic carbocycles. The second kappa shape index (κ2) is 10.6. The summed E-state index contributed by atoms with van der Waals surface area (Å²) in [6, 6.07) is 22.9. The van der Waals surface area contributed by atoms with Crippen LogP contribution in [0, 0.1) is 0 Å². The number of carbonyl (C=O) groups is 2. The Kier molecular flexibility index (Phi) is 7.63. The van der Waals surface area contributed by atoms with Crippen molar-refractivity contribution < 1.29 is 14.3 Å². The van der Waals surface area contributed by atoms with Gasteiger partial charge in [0, 0.05) is 19.3 Å². The monoisotopic (exact) mass is 420 g/mol. The Bertz CT molecular complexity index is 939. The number of pyridine rings is 1. The Labute approximate surface area is 181 Å². The van der Waals surface area contributed by atoms with Gasteiger partial charge in [0.25, 0.3) is 5.91 Å². The van der Waals surface area contributed by atoms with E-state index in [0.717, 1.165) is 11.1 Å². The third kappa shape index (κ3) is 5.70. The van der Waals surface area contributed by atoms with Crippen molar-refractivity contribution in [1.29, 1.82) is 0 Å². The van der Waals surface area contributed by atoms with Crippen molar-refractivity contribution in [3.8, 4) is 0 Å². The molecule has 5 nitrogen and oxygen atoms in total. The maximum atomic E-state index is 13.2. The van der Waals surface area contributed by atoms with Crippen LogP contribution >= 0.6 is 11.8 Å². The summed E-state index contributed by atoms with van der Waals surface area (Å²) >= 11 is 1.36. The number of carbonyl (C=O) groups excluding carboxylic acids is 2. The van der Waals surface area contributed by atoms with E-state index in [2.05, 4.69) is 4.98 Å². The van der Waals surface area contributed by atoms with Gasteiger partial charge in [0.05, 0.1) is 5.56 Å². The topological polar surface area (TPSA) is 59.5 Å². The average Bonchev–Trinajstić information content (AvgIpc) is 2.79. The van der Waals surface area contributed by atoms with Gasteiger partial charge in [0.15, 0.2) is 6.10 Å². The van der Waals surface area contributed by atoms with Gasteiger partial charge in [-0.15, -0.1) is 11.8 Å². The van der Waals surface area contributed by atoms with Gasteiger partial charge in [0.2, 0.25) is 0 Å². The van der Waals surface area contributed by atoms with Crippen LogP contribution in [0.5, 0.6) is 0 Å². The summed E-state index contributed by atoms with van der Waals surface area (Å²) in [5.41, 5.74) is 2.39. The summed E-state index contributed by atoms with van der Waals surface area (Å²) in [5.74, 6) is -0.793. The van der Waals surface area contributed by atoms with Crippen molar-refractivity contribution >= 4 is 23.6 Å². The standard InChI is InChI=1S/C24H24N2O3S/c1-18(29-24(28)21-14-9-15-25-22(21)30-2)23(27)26(16-19-10-5-3-6-11-19)17-20-12-7-4-8-13-20/h3-15,18H,16-17H2,1-2H3/t18-/m1/s1. The molecule has 0 aliphatic heterocycles. The van der Waals surface area contributed by atoms with Crippen molar-refractivity contribution in [3.63, 3.8) is 0 Å². The van der Waals surface area contributed by atoms with Gasteiger partial charge in [-0.1, -0.05) is 60.7 Å². The van der Waals surface area contributed by atoms with E-state index in [1.807, 2.05) is 66.9 Å². The van der Waals surface area contributed by atoms with Crippen LogP contribution in [0.25, 0.3) is 0 Å². The summed E-state index contributed by atoms with van der Waals surface area (Å²) in [5, 5.41) is 0.576. The summed E-state index contributed by atoms with van der Waals surface area (Å²) in [7, 11) is 0. The highest BCUT2D eigenvalue weighted by molar-refractivity contribution is 7.98. The van der Waals surface area contributed by atoms with Gasteiger partial charge in [-0.05, 0) is 36.4 Å². The maximum Gasteiger partial charge on any atom is 0.341 e. The van der Waals surface area contributed by atoms with Gasteiger partial charge >= 0.3 is 5.97 Å². The lowest BCUT2D eigenvalue weighted by Crippen LogP contribution is -2.39. The lowest BCUT2D eigenvalue weighted by molar-refractivity contribution is -0.141. The minimum Gasteiger partial charge on any atom is -0.449 e. The smallest absolute Gasteiger partial charge is 0.341 e. The molecule has 0 radical (unpaired) electrons. The van der Waals surface area contributed by atoms with Crippen molar-refractivity contribution in [2.75, 3.05) is 6.26 Å². The fourth-order valence-corrected chi connectivity index (χ4v) is 3.60. The second-order valence-electron chi connectivity index (χ2n) is 6.77. The molecule has 3 rings (SSSR count). The van der Waals surface area contributed by atoms with Crippen LogP contribution in [0.1, 0.15) is 28.4 Å². The van der Waals surface area contributed by atoms with Crippen molar-refractivity contribution in [1.82, 2.24) is 9.88 Å². The molecule has 0 fully saturated rings. The van der Waals surface area contributed by atoms with E-state index in [0.29, 0.717) is 23.7 Å². The van der Waals surface area contributed by atoms with Crippen molar-refractivity contribution in [2.24, 2.45) is 0 Å². The van der Waals surface area contributed by atoms with Crippen LogP contribution in [-0.2, 0) is 22.6 Å². The van der Waals surface area contributed by atoms with Crippen molar-refractivity contribution in [2.45, 2.75) is 31.1 Å². The van der Waals surface area contributed by atoms with E-state index in [9.17, 15) is 9.59 Å². The molecule has 0 aliphatic rings. The van der Waals surface area contributed by atoms with E-state index in [-0.39, 0.29) is 5.91 Å². The number of amides is 1. The number of esters is 1. The molecule has 0 saturated carbocycles. The molecule has 30 heavy (non-hydrogen) atoms. The molecule has 154 valence electrons. The molecule has 0 bridgehead atoms. The third-order valence-corrected chi connectivity index (χ3v) is 5.27. The third-order valence-electron chi connectivity index (χ3n) is 4.56. The molecule has 6 heteroatoms. The highest BCUT2D eigenvalue weighted by Gasteiger charge is 2.26. The molecule has 0 N–H and O–H groups in total. The van der Waals surface area contributed by atoms with Crippen molar-refractivity contribution in [3.05, 3.63) is 95.7 Å². The zero-order valence-corrected chi connectivity index (χ0v) is 17.8. The fraction of sp³-hybridized carbons (Fsp3) is 0.208. The number of nitrogens with zero attached hydrogens (tertiary/aromatic N) is 2. The van der Waals surface area contributed by atoms with E-state index in [1.54, 1.807) is 30.2 Å². The SMILES string of the molecule is CSc1ncccc1C(=O)O[C@H](C)C(=O)N(Cc1ccccc1)Cc1ccccc1. The summed E-state index contributed by atoms with van der Waals surface area (Å²) in [6.07, 6.45) is 2.55. The molecule has 0 saturated heterocycles. The molecule has 1 atom stereocenters. The van der Waals surface area contributed by atoms with Gasteiger partial charge in [0.1, 0.15) is 5.03 Å². The molecule has 1 aromatic heterocycles. The van der Waals surface area contributed by atoms with Gasteiger partial charge in [-0.3, -0.25) is 4.79 Å². The summed E-state index contributed by atoms with van der Waals surface area (Å²) in [4.78, 5) is 31.7. The molecule has 1 amide bonds. The average molecular weight is 421 g/mol. The van der Waals surface area contributed by atoms with E-state index < -0.39 is 12.1 Å². The highest BCUT2D eigenvalue weighted by Crippen LogP contribution is 2.19. The van der Waals surface area contributed by atoms with Gasteiger partial charge in [-0.2, -0.15) is 0 Å². The Balaban J connectivity index is 1.76. The minimum absolute atomic E-state index is 0.245. The van der Waals surface area contributed by atoms with E-state index in [4.69, 9.17) is 4.74 Å². The first-order valence-electron chi connectivity index (χ1n) is 9.65. The number of rotatable bonds is 8. The van der Waals surface area contributed by atoms with Crippen LogP contribution in [0.4, 0.5) is 0 Å². The van der Waals surface area contributed by atoms with Crippen LogP contribution < -0.4 is 0 Å².